The van der Waals surface area contributed by atoms with Gasteiger partial charge in [0.05, 0.1) is 12.0 Å². The lowest BCUT2D eigenvalue weighted by molar-refractivity contribution is -0.122. The maximum atomic E-state index is 12.0. The number of methoxy groups -OCH3 is 1. The average Bonchev–Trinajstić information content (AvgIpc) is 2.30. The second-order valence-corrected chi connectivity index (χ2v) is 5.72. The van der Waals surface area contributed by atoms with Gasteiger partial charge in [0.2, 0.25) is 0 Å². The quantitative estimate of drug-likeness (QED) is 0.694. The largest absolute Gasteiger partial charge is 0.380 e. The smallest absolute Gasteiger partial charge is 0.165 e. The highest BCUT2D eigenvalue weighted by Gasteiger charge is 2.34. The van der Waals surface area contributed by atoms with Crippen LogP contribution in [0.5, 0.6) is 0 Å². The number of carbonyl (C=O) groups excluding carboxylic acids is 1. The standard InChI is InChI=1S/C16H26O2/c1-11(2)7-6-8-12(3)15-14(17)10-9-13(4)16(15)18-5/h8-11,13,15-16H,6-7H2,1-5H3/b12-8+. The van der Waals surface area contributed by atoms with Crippen molar-refractivity contribution in [1.29, 1.82) is 0 Å². The summed E-state index contributed by atoms with van der Waals surface area (Å²) in [4.78, 5) is 12.0. The second-order valence-electron chi connectivity index (χ2n) is 5.72. The molecule has 102 valence electrons. The summed E-state index contributed by atoms with van der Waals surface area (Å²) in [5.41, 5.74) is 1.16. The molecule has 3 unspecified atom stereocenters. The van der Waals surface area contributed by atoms with Crippen LogP contribution in [0.25, 0.3) is 0 Å². The number of allylic oxidation sites excluding steroid dienone is 2. The van der Waals surface area contributed by atoms with Crippen molar-refractivity contribution in [1.82, 2.24) is 0 Å². The van der Waals surface area contributed by atoms with E-state index < -0.39 is 0 Å². The van der Waals surface area contributed by atoms with Gasteiger partial charge in [0.1, 0.15) is 0 Å². The summed E-state index contributed by atoms with van der Waals surface area (Å²) in [5, 5.41) is 0. The van der Waals surface area contributed by atoms with E-state index in [1.165, 1.54) is 6.42 Å². The number of carbonyl (C=O) groups is 1. The van der Waals surface area contributed by atoms with Gasteiger partial charge in [-0.3, -0.25) is 4.79 Å². The fourth-order valence-corrected chi connectivity index (χ4v) is 2.53. The van der Waals surface area contributed by atoms with Crippen LogP contribution in [0.15, 0.2) is 23.8 Å². The minimum Gasteiger partial charge on any atom is -0.380 e. The first kappa shape index (κ1) is 15.2. The number of hydrogen-bond donors (Lipinski definition) is 0. The van der Waals surface area contributed by atoms with Gasteiger partial charge in [0.25, 0.3) is 0 Å². The Morgan fingerprint density at radius 1 is 1.50 bits per heavy atom. The van der Waals surface area contributed by atoms with E-state index in [1.54, 1.807) is 13.2 Å². The maximum Gasteiger partial charge on any atom is 0.165 e. The molecule has 2 nitrogen and oxygen atoms in total. The molecule has 1 aliphatic carbocycles. The molecule has 3 atom stereocenters. The van der Waals surface area contributed by atoms with E-state index in [4.69, 9.17) is 4.74 Å². The van der Waals surface area contributed by atoms with E-state index in [9.17, 15) is 4.79 Å². The van der Waals surface area contributed by atoms with Crippen LogP contribution < -0.4 is 0 Å². The molecule has 2 heteroatoms. The first-order valence-corrected chi connectivity index (χ1v) is 6.88. The summed E-state index contributed by atoms with van der Waals surface area (Å²) in [6.07, 6.45) is 8.07. The maximum absolute atomic E-state index is 12.0. The fraction of sp³-hybridized carbons (Fsp3) is 0.688. The zero-order valence-corrected chi connectivity index (χ0v) is 12.3. The summed E-state index contributed by atoms with van der Waals surface area (Å²) in [5.74, 6) is 1.08. The van der Waals surface area contributed by atoms with Gasteiger partial charge in [-0.1, -0.05) is 38.5 Å². The van der Waals surface area contributed by atoms with Gasteiger partial charge in [-0.15, -0.1) is 0 Å². The predicted molar refractivity (Wildman–Crippen MR) is 75.4 cm³/mol. The number of hydrogen-bond acceptors (Lipinski definition) is 2. The van der Waals surface area contributed by atoms with Crippen molar-refractivity contribution in [2.45, 2.75) is 46.6 Å². The van der Waals surface area contributed by atoms with E-state index in [0.717, 1.165) is 12.0 Å². The summed E-state index contributed by atoms with van der Waals surface area (Å²) in [6, 6.07) is 0. The fourth-order valence-electron chi connectivity index (χ4n) is 2.53. The Balaban J connectivity index is 2.77. The molecule has 0 aromatic rings. The van der Waals surface area contributed by atoms with E-state index >= 15 is 0 Å². The molecule has 0 aromatic heterocycles. The molecular weight excluding hydrogens is 224 g/mol. The molecule has 18 heavy (non-hydrogen) atoms. The third-order valence-corrected chi connectivity index (χ3v) is 3.69. The lowest BCUT2D eigenvalue weighted by atomic mass is 9.79. The van der Waals surface area contributed by atoms with E-state index in [1.807, 2.05) is 6.08 Å². The SMILES string of the molecule is COC1C(C)C=CC(=O)C1/C(C)=C/CCC(C)C. The zero-order chi connectivity index (χ0) is 13.7. The van der Waals surface area contributed by atoms with Crippen LogP contribution in [0, 0.1) is 17.8 Å². The van der Waals surface area contributed by atoms with Crippen molar-refractivity contribution in [2.24, 2.45) is 17.8 Å². The first-order valence-electron chi connectivity index (χ1n) is 6.88. The van der Waals surface area contributed by atoms with Crippen molar-refractivity contribution in [3.8, 4) is 0 Å². The van der Waals surface area contributed by atoms with Gasteiger partial charge in [-0.05, 0) is 31.8 Å². The first-order chi connectivity index (χ1) is 8.47. The molecule has 0 aliphatic heterocycles. The predicted octanol–water partition coefficient (Wildman–Crippen LogP) is 3.78. The van der Waals surface area contributed by atoms with Crippen LogP contribution >= 0.6 is 0 Å². The van der Waals surface area contributed by atoms with Crippen molar-refractivity contribution < 1.29 is 9.53 Å². The van der Waals surface area contributed by atoms with Gasteiger partial charge in [-0.25, -0.2) is 0 Å². The molecule has 0 heterocycles. The Hall–Kier alpha value is -0.890. The molecule has 1 aliphatic rings. The van der Waals surface area contributed by atoms with Crippen molar-refractivity contribution in [3.63, 3.8) is 0 Å². The highest BCUT2D eigenvalue weighted by molar-refractivity contribution is 5.95. The van der Waals surface area contributed by atoms with Gasteiger partial charge in [0.15, 0.2) is 5.78 Å². The summed E-state index contributed by atoms with van der Waals surface area (Å²) < 4.78 is 5.52. The van der Waals surface area contributed by atoms with E-state index in [2.05, 4.69) is 33.8 Å². The highest BCUT2D eigenvalue weighted by atomic mass is 16.5. The van der Waals surface area contributed by atoms with Gasteiger partial charge in [0, 0.05) is 13.0 Å². The Labute approximate surface area is 111 Å². The Kier molecular flexibility index (Phi) is 5.80. The van der Waals surface area contributed by atoms with Crippen LogP contribution in [0.2, 0.25) is 0 Å². The lowest BCUT2D eigenvalue weighted by Gasteiger charge is -2.31. The highest BCUT2D eigenvalue weighted by Crippen LogP contribution is 2.29. The molecule has 0 aromatic carbocycles. The molecule has 1 rings (SSSR count). The van der Waals surface area contributed by atoms with Crippen LogP contribution in [0.1, 0.15) is 40.5 Å². The van der Waals surface area contributed by atoms with Crippen molar-refractivity contribution in [2.75, 3.05) is 7.11 Å². The third-order valence-electron chi connectivity index (χ3n) is 3.69. The number of ketones is 1. The minimum atomic E-state index is -0.0952. The number of ether oxygens (including phenoxy) is 1. The molecule has 0 N–H and O–H groups in total. The van der Waals surface area contributed by atoms with Crippen LogP contribution in [-0.4, -0.2) is 19.0 Å². The molecule has 0 bridgehead atoms. The van der Waals surface area contributed by atoms with Gasteiger partial charge in [-0.2, -0.15) is 0 Å². The molecule has 0 spiro atoms. The Morgan fingerprint density at radius 2 is 2.17 bits per heavy atom. The monoisotopic (exact) mass is 250 g/mol. The van der Waals surface area contributed by atoms with Crippen LogP contribution in [-0.2, 0) is 9.53 Å². The third kappa shape index (κ3) is 3.81. The Morgan fingerprint density at radius 3 is 2.72 bits per heavy atom. The molecule has 0 fully saturated rings. The molecule has 0 saturated carbocycles. The van der Waals surface area contributed by atoms with Crippen molar-refractivity contribution in [3.05, 3.63) is 23.8 Å². The molecule has 0 amide bonds. The molecule has 0 saturated heterocycles. The lowest BCUT2D eigenvalue weighted by Crippen LogP contribution is -2.37. The van der Waals surface area contributed by atoms with E-state index in [-0.39, 0.29) is 17.8 Å². The number of rotatable bonds is 5. The topological polar surface area (TPSA) is 26.3 Å². The van der Waals surface area contributed by atoms with E-state index in [0.29, 0.717) is 11.8 Å². The minimum absolute atomic E-state index is 0.0159. The second kappa shape index (κ2) is 6.89. The average molecular weight is 250 g/mol. The summed E-state index contributed by atoms with van der Waals surface area (Å²) >= 11 is 0. The zero-order valence-electron chi connectivity index (χ0n) is 12.3. The van der Waals surface area contributed by atoms with Crippen LogP contribution in [0.3, 0.4) is 0 Å². The summed E-state index contributed by atoms with van der Waals surface area (Å²) in [7, 11) is 1.70. The van der Waals surface area contributed by atoms with Gasteiger partial charge >= 0.3 is 0 Å². The Bertz CT molecular complexity index is 339. The molecular formula is C16H26O2. The van der Waals surface area contributed by atoms with Crippen LogP contribution in [0.4, 0.5) is 0 Å². The summed E-state index contributed by atoms with van der Waals surface area (Å²) in [6.45, 7) is 8.60. The normalized spacial score (nSPS) is 29.1. The van der Waals surface area contributed by atoms with Gasteiger partial charge < -0.3 is 4.74 Å². The molecule has 0 radical (unpaired) electrons. The van der Waals surface area contributed by atoms with Crippen molar-refractivity contribution >= 4 is 5.78 Å².